The van der Waals surface area contributed by atoms with E-state index in [1.807, 2.05) is 6.07 Å². The van der Waals surface area contributed by atoms with Gasteiger partial charge in [-0.25, -0.2) is 0 Å². The Morgan fingerprint density at radius 3 is 2.52 bits per heavy atom. The van der Waals surface area contributed by atoms with E-state index in [9.17, 15) is 14.9 Å². The number of piperidine rings is 1. The van der Waals surface area contributed by atoms with Gasteiger partial charge in [-0.3, -0.25) is 24.5 Å². The van der Waals surface area contributed by atoms with Crippen LogP contribution in [0.5, 0.6) is 0 Å². The van der Waals surface area contributed by atoms with Gasteiger partial charge in [0.25, 0.3) is 11.2 Å². The Labute approximate surface area is 178 Å². The summed E-state index contributed by atoms with van der Waals surface area (Å²) in [5.74, 6) is 0. The first kappa shape index (κ1) is 19.2. The topological polar surface area (TPSA) is 81.3 Å². The van der Waals surface area contributed by atoms with Gasteiger partial charge in [-0.1, -0.05) is 6.07 Å². The summed E-state index contributed by atoms with van der Waals surface area (Å²) in [6.07, 6.45) is 5.34. The number of aryl methyl sites for hydroxylation is 1. The number of anilines is 1. The van der Waals surface area contributed by atoms with Crippen LogP contribution < -0.4 is 10.5 Å². The van der Waals surface area contributed by atoms with Crippen molar-refractivity contribution < 1.29 is 4.92 Å². The van der Waals surface area contributed by atoms with Crippen LogP contribution in [0, 0.1) is 17.0 Å². The molecule has 0 radical (unpaired) electrons. The molecule has 1 aliphatic rings. The van der Waals surface area contributed by atoms with Gasteiger partial charge >= 0.3 is 0 Å². The number of fused-ring (bicyclic) bond motifs is 3. The summed E-state index contributed by atoms with van der Waals surface area (Å²) in [5.41, 5.74) is 3.41. The number of nitrogens with zero attached hydrogens (tertiary/aromatic N) is 4. The number of hydrogen-bond acceptors (Lipinski definition) is 5. The minimum atomic E-state index is -0.414. The third-order valence-electron chi connectivity index (χ3n) is 6.07. The van der Waals surface area contributed by atoms with E-state index in [0.29, 0.717) is 11.3 Å². The van der Waals surface area contributed by atoms with Crippen molar-refractivity contribution in [3.63, 3.8) is 0 Å². The molecule has 1 saturated heterocycles. The molecule has 0 bridgehead atoms. The number of pyridine rings is 2. The predicted molar refractivity (Wildman–Crippen MR) is 122 cm³/mol. The first-order valence-electron chi connectivity index (χ1n) is 10.5. The normalized spacial score (nSPS) is 14.3. The van der Waals surface area contributed by atoms with E-state index < -0.39 is 4.92 Å². The monoisotopic (exact) mass is 414 g/mol. The van der Waals surface area contributed by atoms with Crippen LogP contribution in [0.4, 0.5) is 11.4 Å². The molecule has 7 nitrogen and oxygen atoms in total. The highest BCUT2D eigenvalue weighted by atomic mass is 16.6. The van der Waals surface area contributed by atoms with Gasteiger partial charge in [0.2, 0.25) is 0 Å². The number of nitro groups is 1. The number of benzene rings is 2. The van der Waals surface area contributed by atoms with E-state index in [2.05, 4.69) is 22.0 Å². The number of rotatable bonds is 3. The standard InChI is InChI=1S/C24H22N4O3/c1-16-5-7-19(14-22(16)28(30)31)27-23(29)10-6-17-15-25-21-9-8-18(13-20(21)24(17)27)26-11-3-2-4-12-26/h5-10,13-15H,2-4,11-12H2,1H3. The fourth-order valence-electron chi connectivity index (χ4n) is 4.44. The maximum Gasteiger partial charge on any atom is 0.274 e. The quantitative estimate of drug-likeness (QED) is 0.275. The van der Waals surface area contributed by atoms with Crippen LogP contribution in [-0.4, -0.2) is 27.6 Å². The summed E-state index contributed by atoms with van der Waals surface area (Å²) in [6.45, 7) is 3.72. The average Bonchev–Trinajstić information content (AvgIpc) is 2.79. The van der Waals surface area contributed by atoms with Crippen LogP contribution in [0.3, 0.4) is 0 Å². The Morgan fingerprint density at radius 1 is 0.968 bits per heavy atom. The molecule has 5 rings (SSSR count). The SMILES string of the molecule is Cc1ccc(-n2c(=O)ccc3cnc4ccc(N5CCCCC5)cc4c32)cc1[N+](=O)[O-]. The van der Waals surface area contributed by atoms with Crippen molar-refractivity contribution in [1.29, 1.82) is 0 Å². The smallest absolute Gasteiger partial charge is 0.274 e. The second-order valence-corrected chi connectivity index (χ2v) is 8.05. The highest BCUT2D eigenvalue weighted by Crippen LogP contribution is 2.30. The molecule has 0 atom stereocenters. The van der Waals surface area contributed by atoms with Crippen molar-refractivity contribution >= 4 is 33.2 Å². The van der Waals surface area contributed by atoms with Gasteiger partial charge in [0.1, 0.15) is 0 Å². The van der Waals surface area contributed by atoms with Gasteiger partial charge < -0.3 is 4.90 Å². The Kier molecular flexibility index (Phi) is 4.66. The molecule has 0 saturated carbocycles. The van der Waals surface area contributed by atoms with Gasteiger partial charge in [0.05, 0.1) is 21.6 Å². The average molecular weight is 414 g/mol. The van der Waals surface area contributed by atoms with Gasteiger partial charge in [0, 0.05) is 53.4 Å². The molecule has 0 amide bonds. The third-order valence-corrected chi connectivity index (χ3v) is 6.07. The maximum atomic E-state index is 13.0. The lowest BCUT2D eigenvalue weighted by Crippen LogP contribution is -2.29. The Balaban J connectivity index is 1.81. The molecule has 3 heterocycles. The predicted octanol–water partition coefficient (Wildman–Crippen LogP) is 4.75. The Bertz CT molecular complexity index is 1390. The lowest BCUT2D eigenvalue weighted by molar-refractivity contribution is -0.385. The van der Waals surface area contributed by atoms with Gasteiger partial charge in [-0.2, -0.15) is 0 Å². The van der Waals surface area contributed by atoms with Crippen LogP contribution in [0.15, 0.2) is 59.5 Å². The number of aromatic nitrogens is 2. The molecule has 0 unspecified atom stereocenters. The van der Waals surface area contributed by atoms with Crippen molar-refractivity contribution in [2.45, 2.75) is 26.2 Å². The van der Waals surface area contributed by atoms with Crippen molar-refractivity contribution in [3.8, 4) is 5.69 Å². The molecular weight excluding hydrogens is 392 g/mol. The van der Waals surface area contributed by atoms with Gasteiger partial charge in [-0.05, 0) is 56.5 Å². The molecule has 7 heteroatoms. The van der Waals surface area contributed by atoms with Crippen molar-refractivity contribution in [2.75, 3.05) is 18.0 Å². The zero-order chi connectivity index (χ0) is 21.5. The van der Waals surface area contributed by atoms with Crippen molar-refractivity contribution in [1.82, 2.24) is 9.55 Å². The molecule has 1 fully saturated rings. The first-order valence-corrected chi connectivity index (χ1v) is 10.5. The molecule has 0 spiro atoms. The lowest BCUT2D eigenvalue weighted by atomic mass is 10.1. The van der Waals surface area contributed by atoms with Crippen LogP contribution in [0.2, 0.25) is 0 Å². The Morgan fingerprint density at radius 2 is 1.74 bits per heavy atom. The van der Waals surface area contributed by atoms with Crippen LogP contribution in [0.1, 0.15) is 24.8 Å². The summed E-state index contributed by atoms with van der Waals surface area (Å²) in [6, 6.07) is 14.3. The summed E-state index contributed by atoms with van der Waals surface area (Å²) >= 11 is 0. The third kappa shape index (κ3) is 3.32. The molecule has 0 N–H and O–H groups in total. The summed E-state index contributed by atoms with van der Waals surface area (Å²) in [4.78, 5) is 31.0. The van der Waals surface area contributed by atoms with Crippen LogP contribution in [-0.2, 0) is 0 Å². The molecule has 31 heavy (non-hydrogen) atoms. The largest absolute Gasteiger partial charge is 0.372 e. The van der Waals surface area contributed by atoms with E-state index in [4.69, 9.17) is 0 Å². The molecule has 1 aliphatic heterocycles. The highest BCUT2D eigenvalue weighted by Gasteiger charge is 2.17. The van der Waals surface area contributed by atoms with E-state index in [-0.39, 0.29) is 11.2 Å². The van der Waals surface area contributed by atoms with Gasteiger partial charge in [-0.15, -0.1) is 0 Å². The molecular formula is C24H22N4O3. The number of hydrogen-bond donors (Lipinski definition) is 0. The van der Waals surface area contributed by atoms with Gasteiger partial charge in [0.15, 0.2) is 0 Å². The minimum Gasteiger partial charge on any atom is -0.372 e. The zero-order valence-electron chi connectivity index (χ0n) is 17.2. The van der Waals surface area contributed by atoms with E-state index >= 15 is 0 Å². The second-order valence-electron chi connectivity index (χ2n) is 8.05. The summed E-state index contributed by atoms with van der Waals surface area (Å²) < 4.78 is 1.56. The van der Waals surface area contributed by atoms with Crippen LogP contribution in [0.25, 0.3) is 27.5 Å². The molecule has 2 aromatic carbocycles. The van der Waals surface area contributed by atoms with Crippen molar-refractivity contribution in [3.05, 3.63) is 80.8 Å². The zero-order valence-corrected chi connectivity index (χ0v) is 17.2. The fourth-order valence-corrected chi connectivity index (χ4v) is 4.44. The molecule has 2 aromatic heterocycles. The fraction of sp³-hybridized carbons (Fsp3) is 0.250. The summed E-state index contributed by atoms with van der Waals surface area (Å²) in [5, 5.41) is 13.2. The lowest BCUT2D eigenvalue weighted by Gasteiger charge is -2.29. The van der Waals surface area contributed by atoms with E-state index in [1.54, 1.807) is 35.9 Å². The minimum absolute atomic E-state index is 0.00577. The second kappa shape index (κ2) is 7.50. The maximum absolute atomic E-state index is 13.0. The molecule has 156 valence electrons. The highest BCUT2D eigenvalue weighted by molar-refractivity contribution is 6.05. The van der Waals surface area contributed by atoms with Crippen molar-refractivity contribution in [2.24, 2.45) is 0 Å². The Hall–Kier alpha value is -3.74. The molecule has 0 aliphatic carbocycles. The number of nitro benzene ring substituents is 1. The summed E-state index contributed by atoms with van der Waals surface area (Å²) in [7, 11) is 0. The first-order chi connectivity index (χ1) is 15.0. The van der Waals surface area contributed by atoms with Crippen LogP contribution >= 0.6 is 0 Å². The van der Waals surface area contributed by atoms with E-state index in [0.717, 1.165) is 40.6 Å². The molecule has 4 aromatic rings. The van der Waals surface area contributed by atoms with E-state index in [1.165, 1.54) is 31.4 Å².